The molecule has 0 aliphatic heterocycles. The lowest BCUT2D eigenvalue weighted by Gasteiger charge is -2.30. The third-order valence-corrected chi connectivity index (χ3v) is 4.91. The molecule has 1 N–H and O–H groups in total. The molecular formula is C18H22ClN3O2. The number of hydrogen-bond acceptors (Lipinski definition) is 3. The van der Waals surface area contributed by atoms with Crippen molar-refractivity contribution in [1.29, 1.82) is 0 Å². The van der Waals surface area contributed by atoms with Crippen molar-refractivity contribution in [1.82, 2.24) is 14.7 Å². The minimum Gasteiger partial charge on any atom is -0.388 e. The van der Waals surface area contributed by atoms with Gasteiger partial charge in [-0.15, -0.1) is 11.6 Å². The molecule has 1 aromatic carbocycles. The Labute approximate surface area is 146 Å². The number of aliphatic hydroxyl groups excluding tert-OH is 1. The van der Waals surface area contributed by atoms with Crippen molar-refractivity contribution in [3.8, 4) is 0 Å². The number of carbonyl (C=O) groups is 1. The predicted octanol–water partition coefficient (Wildman–Crippen LogP) is 2.50. The van der Waals surface area contributed by atoms with E-state index in [0.29, 0.717) is 13.1 Å². The van der Waals surface area contributed by atoms with Gasteiger partial charge < -0.3 is 10.0 Å². The van der Waals surface area contributed by atoms with Gasteiger partial charge in [0, 0.05) is 25.2 Å². The topological polar surface area (TPSA) is 58.4 Å². The number of alkyl halides is 1. The van der Waals surface area contributed by atoms with E-state index >= 15 is 0 Å². The fraction of sp³-hybridized carbons (Fsp3) is 0.444. The van der Waals surface area contributed by atoms with Gasteiger partial charge in [-0.2, -0.15) is 5.10 Å². The molecule has 2 aromatic rings. The number of hydrogen-bond donors (Lipinski definition) is 1. The minimum atomic E-state index is -0.576. The van der Waals surface area contributed by atoms with Crippen LogP contribution in [0.3, 0.4) is 0 Å². The average Bonchev–Trinajstić information content (AvgIpc) is 3.28. The third kappa shape index (κ3) is 3.62. The first-order chi connectivity index (χ1) is 11.5. The molecule has 1 atom stereocenters. The van der Waals surface area contributed by atoms with Crippen molar-refractivity contribution < 1.29 is 9.90 Å². The Morgan fingerprint density at radius 1 is 1.38 bits per heavy atom. The summed E-state index contributed by atoms with van der Waals surface area (Å²) in [6.45, 7) is 0.904. The highest BCUT2D eigenvalue weighted by Gasteiger charge is 2.51. The van der Waals surface area contributed by atoms with Crippen LogP contribution in [0.25, 0.3) is 0 Å². The van der Waals surface area contributed by atoms with Gasteiger partial charge in [-0.3, -0.25) is 9.48 Å². The fourth-order valence-corrected chi connectivity index (χ4v) is 3.28. The maximum Gasteiger partial charge on any atom is 0.237 e. The second-order valence-electron chi connectivity index (χ2n) is 6.54. The smallest absolute Gasteiger partial charge is 0.237 e. The molecule has 0 radical (unpaired) electrons. The highest BCUT2D eigenvalue weighted by atomic mass is 35.5. The van der Waals surface area contributed by atoms with Crippen molar-refractivity contribution in [2.45, 2.75) is 25.5 Å². The van der Waals surface area contributed by atoms with Gasteiger partial charge in [-0.05, 0) is 24.5 Å². The number of aliphatic hydroxyl groups is 1. The zero-order chi connectivity index (χ0) is 17.2. The molecule has 5 nitrogen and oxygen atoms in total. The first kappa shape index (κ1) is 17.0. The van der Waals surface area contributed by atoms with Crippen LogP contribution in [0.2, 0.25) is 0 Å². The summed E-state index contributed by atoms with van der Waals surface area (Å²) < 4.78 is 1.71. The molecule has 1 fully saturated rings. The van der Waals surface area contributed by atoms with E-state index in [1.807, 2.05) is 49.6 Å². The molecule has 128 valence electrons. The van der Waals surface area contributed by atoms with Crippen molar-refractivity contribution in [3.63, 3.8) is 0 Å². The maximum absolute atomic E-state index is 12.3. The molecule has 24 heavy (non-hydrogen) atoms. The molecule has 1 heterocycles. The Balaban J connectivity index is 1.75. The third-order valence-electron chi connectivity index (χ3n) is 4.68. The van der Waals surface area contributed by atoms with Crippen LogP contribution in [0, 0.1) is 5.41 Å². The van der Waals surface area contributed by atoms with Crippen LogP contribution in [0.5, 0.6) is 0 Å². The Bertz CT molecular complexity index is 697. The molecule has 1 unspecified atom stereocenters. The largest absolute Gasteiger partial charge is 0.388 e. The molecule has 1 aliphatic carbocycles. The van der Waals surface area contributed by atoms with E-state index in [9.17, 15) is 9.90 Å². The van der Waals surface area contributed by atoms with E-state index in [0.717, 1.165) is 24.1 Å². The monoisotopic (exact) mass is 347 g/mol. The summed E-state index contributed by atoms with van der Waals surface area (Å²) in [4.78, 5) is 14.0. The van der Waals surface area contributed by atoms with Crippen molar-refractivity contribution in [2.75, 3.05) is 12.4 Å². The molecule has 3 rings (SSSR count). The number of carbonyl (C=O) groups excluding carboxylic acids is 1. The lowest BCUT2D eigenvalue weighted by atomic mass is 9.92. The number of rotatable bonds is 7. The van der Waals surface area contributed by atoms with Crippen LogP contribution in [-0.2, 0) is 18.4 Å². The Morgan fingerprint density at radius 3 is 2.62 bits per heavy atom. The minimum absolute atomic E-state index is 0.0651. The van der Waals surface area contributed by atoms with Gasteiger partial charge in [0.2, 0.25) is 5.91 Å². The Morgan fingerprint density at radius 2 is 2.08 bits per heavy atom. The van der Waals surface area contributed by atoms with Crippen LogP contribution < -0.4 is 0 Å². The number of aryl methyl sites for hydroxylation is 1. The number of nitrogens with zero attached hydrogens (tertiary/aromatic N) is 3. The van der Waals surface area contributed by atoms with E-state index in [4.69, 9.17) is 11.6 Å². The summed E-state index contributed by atoms with van der Waals surface area (Å²) in [5, 5.41) is 15.1. The highest BCUT2D eigenvalue weighted by molar-refractivity contribution is 6.27. The Hall–Kier alpha value is -1.85. The highest BCUT2D eigenvalue weighted by Crippen LogP contribution is 2.55. The van der Waals surface area contributed by atoms with Crippen LogP contribution >= 0.6 is 11.6 Å². The van der Waals surface area contributed by atoms with Gasteiger partial charge in [-0.25, -0.2) is 0 Å². The first-order valence-electron chi connectivity index (χ1n) is 8.09. The summed E-state index contributed by atoms with van der Waals surface area (Å²) in [6.07, 6.45) is 3.08. The van der Waals surface area contributed by atoms with E-state index in [1.165, 1.54) is 0 Å². The summed E-state index contributed by atoms with van der Waals surface area (Å²) in [6, 6.07) is 11.5. The predicted molar refractivity (Wildman–Crippen MR) is 92.4 cm³/mol. The molecule has 1 aliphatic rings. The lowest BCUT2D eigenvalue weighted by molar-refractivity contribution is -0.130. The second-order valence-corrected chi connectivity index (χ2v) is 6.81. The first-order valence-corrected chi connectivity index (χ1v) is 8.63. The standard InChI is InChI=1S/C18H22ClN3O2/c1-21-10-7-15(20-21)12-22(16(23)11-19)13-18(8-9-18)17(24)14-5-3-2-4-6-14/h2-7,10,17,24H,8-9,11-13H2,1H3. The molecule has 1 saturated carbocycles. The van der Waals surface area contributed by atoms with Gasteiger partial charge in [0.1, 0.15) is 5.88 Å². The van der Waals surface area contributed by atoms with Crippen molar-refractivity contribution in [3.05, 3.63) is 53.9 Å². The number of halogens is 1. The van der Waals surface area contributed by atoms with Crippen molar-refractivity contribution >= 4 is 17.5 Å². The summed E-state index contributed by atoms with van der Waals surface area (Å²) in [5.74, 6) is -0.196. The Kier molecular flexibility index (Phi) is 4.92. The SMILES string of the molecule is Cn1ccc(CN(CC2(C(O)c3ccccc3)CC2)C(=O)CCl)n1. The number of amides is 1. The van der Waals surface area contributed by atoms with Gasteiger partial charge in [0.05, 0.1) is 18.3 Å². The summed E-state index contributed by atoms with van der Waals surface area (Å²) in [7, 11) is 1.85. The van der Waals surface area contributed by atoms with E-state index in [-0.39, 0.29) is 17.2 Å². The van der Waals surface area contributed by atoms with Crippen LogP contribution in [-0.4, -0.2) is 38.1 Å². The normalized spacial score (nSPS) is 16.6. The number of benzene rings is 1. The molecule has 1 aromatic heterocycles. The molecule has 1 amide bonds. The van der Waals surface area contributed by atoms with E-state index in [1.54, 1.807) is 9.58 Å². The molecule has 0 saturated heterocycles. The van der Waals surface area contributed by atoms with E-state index in [2.05, 4.69) is 5.10 Å². The molecule has 0 spiro atoms. The van der Waals surface area contributed by atoms with Gasteiger partial charge in [0.15, 0.2) is 0 Å². The zero-order valence-corrected chi connectivity index (χ0v) is 14.5. The van der Waals surface area contributed by atoms with Gasteiger partial charge >= 0.3 is 0 Å². The van der Waals surface area contributed by atoms with Crippen LogP contribution in [0.4, 0.5) is 0 Å². The quantitative estimate of drug-likeness (QED) is 0.783. The maximum atomic E-state index is 12.3. The molecule has 0 bridgehead atoms. The molecular weight excluding hydrogens is 326 g/mol. The van der Waals surface area contributed by atoms with E-state index < -0.39 is 6.10 Å². The average molecular weight is 348 g/mol. The van der Waals surface area contributed by atoms with Crippen LogP contribution in [0.15, 0.2) is 42.6 Å². The zero-order valence-electron chi connectivity index (χ0n) is 13.7. The summed E-state index contributed by atoms with van der Waals surface area (Å²) in [5.41, 5.74) is 1.43. The fourth-order valence-electron chi connectivity index (χ4n) is 3.11. The molecule has 6 heteroatoms. The van der Waals surface area contributed by atoms with Crippen molar-refractivity contribution in [2.24, 2.45) is 12.5 Å². The summed E-state index contributed by atoms with van der Waals surface area (Å²) >= 11 is 5.78. The van der Waals surface area contributed by atoms with Gasteiger partial charge in [0.25, 0.3) is 0 Å². The van der Waals surface area contributed by atoms with Crippen LogP contribution in [0.1, 0.15) is 30.2 Å². The van der Waals surface area contributed by atoms with Gasteiger partial charge in [-0.1, -0.05) is 30.3 Å². The number of aromatic nitrogens is 2. The second kappa shape index (κ2) is 6.95. The lowest BCUT2D eigenvalue weighted by Crippen LogP contribution is -2.38.